The predicted molar refractivity (Wildman–Crippen MR) is 172 cm³/mol. The number of hydrogen-bond donors (Lipinski definition) is 0. The summed E-state index contributed by atoms with van der Waals surface area (Å²) >= 11 is 1.21. The van der Waals surface area contributed by atoms with Crippen LogP contribution in [0.25, 0.3) is 23.1 Å². The molecule has 0 aliphatic carbocycles. The van der Waals surface area contributed by atoms with Crippen LogP contribution in [0.5, 0.6) is 0 Å². The lowest BCUT2D eigenvalue weighted by atomic mass is 9.91. The molecule has 5 aromatic rings. The first kappa shape index (κ1) is 29.7. The molecule has 0 amide bonds. The second kappa shape index (κ2) is 12.3. The molecule has 0 unspecified atom stereocenters. The van der Waals surface area contributed by atoms with Gasteiger partial charge in [-0.3, -0.25) is 19.5 Å². The maximum Gasteiger partial charge on any atom is 0.338 e. The Labute approximate surface area is 262 Å². The Morgan fingerprint density at radius 3 is 2.38 bits per heavy atom. The van der Waals surface area contributed by atoms with Gasteiger partial charge in [0, 0.05) is 29.3 Å². The lowest BCUT2D eigenvalue weighted by molar-refractivity contribution is -0.384. The summed E-state index contributed by atoms with van der Waals surface area (Å²) in [5, 5.41) is 11.0. The molecule has 3 heterocycles. The van der Waals surface area contributed by atoms with Crippen molar-refractivity contribution < 1.29 is 18.9 Å². The SMILES string of the molecule is CCOC(=O)C1=C(c2ccccc2)N=c2s/c(=C\c3ccc(-c4ccc([N+](=O)[O-])cc4)o3)c(=O)n2[C@@H]1c1ccc(C(C)C)cc1. The molecule has 0 saturated carbocycles. The molecule has 0 radical (unpaired) electrons. The number of nitrogens with zero attached hydrogens (tertiary/aromatic N) is 3. The minimum atomic E-state index is -0.772. The van der Waals surface area contributed by atoms with Crippen molar-refractivity contribution in [3.8, 4) is 11.3 Å². The zero-order valence-corrected chi connectivity index (χ0v) is 25.6. The Morgan fingerprint density at radius 1 is 1.02 bits per heavy atom. The van der Waals surface area contributed by atoms with Crippen LogP contribution in [0.1, 0.15) is 55.2 Å². The quantitative estimate of drug-likeness (QED) is 0.116. The van der Waals surface area contributed by atoms with Crippen LogP contribution < -0.4 is 14.9 Å². The van der Waals surface area contributed by atoms with Crippen molar-refractivity contribution in [3.05, 3.63) is 149 Å². The molecule has 226 valence electrons. The molecule has 6 rings (SSSR count). The van der Waals surface area contributed by atoms with Gasteiger partial charge < -0.3 is 9.15 Å². The number of aromatic nitrogens is 1. The molecule has 0 bridgehead atoms. The highest BCUT2D eigenvalue weighted by molar-refractivity contribution is 7.07. The number of benzene rings is 3. The van der Waals surface area contributed by atoms with Crippen LogP contribution in [-0.4, -0.2) is 22.1 Å². The number of furan rings is 1. The molecule has 0 N–H and O–H groups in total. The number of non-ortho nitro benzene ring substituents is 1. The summed E-state index contributed by atoms with van der Waals surface area (Å²) in [5.41, 5.74) is 3.71. The Morgan fingerprint density at radius 2 is 1.73 bits per heavy atom. The Balaban J connectivity index is 1.52. The molecule has 1 aliphatic heterocycles. The standard InChI is InChI=1S/C35H29N3O6S/c1-4-43-34(40)30-31(24-8-6-5-7-9-24)36-35-37(32(30)25-12-10-22(11-13-25)21(2)3)33(39)29(45-35)20-27-18-19-28(44-27)23-14-16-26(17-15-23)38(41)42/h5-21,32H,4H2,1-3H3/b29-20-/t32-/m1/s1. The highest BCUT2D eigenvalue weighted by Crippen LogP contribution is 2.35. The number of fused-ring (bicyclic) bond motifs is 1. The highest BCUT2D eigenvalue weighted by atomic mass is 32.1. The summed E-state index contributed by atoms with van der Waals surface area (Å²) in [7, 11) is 0. The molecule has 10 heteroatoms. The second-order valence-corrected chi connectivity index (χ2v) is 11.8. The van der Waals surface area contributed by atoms with E-state index < -0.39 is 16.9 Å². The summed E-state index contributed by atoms with van der Waals surface area (Å²) in [6, 6.07) is 26.1. The number of thiazole rings is 1. The number of esters is 1. The van der Waals surface area contributed by atoms with Gasteiger partial charge in [-0.25, -0.2) is 9.79 Å². The van der Waals surface area contributed by atoms with E-state index in [0.29, 0.717) is 38.0 Å². The topological polar surface area (TPSA) is 117 Å². The van der Waals surface area contributed by atoms with Crippen LogP contribution in [0.4, 0.5) is 5.69 Å². The molecule has 1 atom stereocenters. The van der Waals surface area contributed by atoms with E-state index >= 15 is 0 Å². The molecule has 0 fully saturated rings. The Kier molecular flexibility index (Phi) is 8.14. The van der Waals surface area contributed by atoms with Gasteiger partial charge in [-0.2, -0.15) is 0 Å². The number of ether oxygens (including phenoxy) is 1. The first-order valence-electron chi connectivity index (χ1n) is 14.5. The van der Waals surface area contributed by atoms with E-state index in [0.717, 1.165) is 16.7 Å². The van der Waals surface area contributed by atoms with Crippen LogP contribution >= 0.6 is 11.3 Å². The monoisotopic (exact) mass is 619 g/mol. The fraction of sp³-hybridized carbons (Fsp3) is 0.171. The van der Waals surface area contributed by atoms with E-state index in [2.05, 4.69) is 13.8 Å². The normalized spacial score (nSPS) is 14.8. The van der Waals surface area contributed by atoms with Crippen molar-refractivity contribution >= 4 is 34.8 Å². The smallest absolute Gasteiger partial charge is 0.338 e. The van der Waals surface area contributed by atoms with Gasteiger partial charge in [0.2, 0.25) is 0 Å². The molecule has 1 aliphatic rings. The first-order chi connectivity index (χ1) is 21.7. The van der Waals surface area contributed by atoms with Crippen LogP contribution in [0, 0.1) is 10.1 Å². The summed E-state index contributed by atoms with van der Waals surface area (Å²) in [6.07, 6.45) is 1.65. The van der Waals surface area contributed by atoms with Gasteiger partial charge in [0.05, 0.1) is 33.4 Å². The van der Waals surface area contributed by atoms with Crippen molar-refractivity contribution in [2.45, 2.75) is 32.7 Å². The fourth-order valence-corrected chi connectivity index (χ4v) is 6.26. The van der Waals surface area contributed by atoms with Crippen molar-refractivity contribution in [1.29, 1.82) is 0 Å². The van der Waals surface area contributed by atoms with Crippen molar-refractivity contribution in [2.75, 3.05) is 6.61 Å². The van der Waals surface area contributed by atoms with E-state index in [-0.39, 0.29) is 23.4 Å². The Hall–Kier alpha value is -5.35. The zero-order chi connectivity index (χ0) is 31.7. The molecule has 2 aromatic heterocycles. The second-order valence-electron chi connectivity index (χ2n) is 10.8. The molecule has 0 spiro atoms. The van der Waals surface area contributed by atoms with Crippen LogP contribution in [0.3, 0.4) is 0 Å². The summed E-state index contributed by atoms with van der Waals surface area (Å²) in [4.78, 5) is 43.7. The molecule has 0 saturated heterocycles. The van der Waals surface area contributed by atoms with E-state index in [4.69, 9.17) is 14.1 Å². The van der Waals surface area contributed by atoms with Crippen LogP contribution in [0.15, 0.2) is 111 Å². The van der Waals surface area contributed by atoms with Gasteiger partial charge in [0.25, 0.3) is 11.2 Å². The van der Waals surface area contributed by atoms with E-state index in [1.54, 1.807) is 41.8 Å². The first-order valence-corrected chi connectivity index (χ1v) is 15.3. The summed E-state index contributed by atoms with van der Waals surface area (Å²) < 4.78 is 13.5. The predicted octanol–water partition coefficient (Wildman–Crippen LogP) is 6.23. The van der Waals surface area contributed by atoms with Crippen molar-refractivity contribution in [1.82, 2.24) is 4.57 Å². The maximum absolute atomic E-state index is 14.1. The summed E-state index contributed by atoms with van der Waals surface area (Å²) in [5.74, 6) is 0.707. The Bertz CT molecular complexity index is 2100. The lowest BCUT2D eigenvalue weighted by Crippen LogP contribution is -2.40. The van der Waals surface area contributed by atoms with Gasteiger partial charge in [-0.1, -0.05) is 79.8 Å². The molecule has 45 heavy (non-hydrogen) atoms. The van der Waals surface area contributed by atoms with Gasteiger partial charge in [-0.05, 0) is 48.2 Å². The van der Waals surface area contributed by atoms with Crippen LogP contribution in [0.2, 0.25) is 0 Å². The fourth-order valence-electron chi connectivity index (χ4n) is 5.28. The van der Waals surface area contributed by atoms with Crippen LogP contribution in [-0.2, 0) is 9.53 Å². The average molecular weight is 620 g/mol. The number of carbonyl (C=O) groups excluding carboxylic acids is 1. The van der Waals surface area contributed by atoms with Crippen molar-refractivity contribution in [2.24, 2.45) is 4.99 Å². The van der Waals surface area contributed by atoms with Gasteiger partial charge >= 0.3 is 5.97 Å². The number of carbonyl (C=O) groups is 1. The van der Waals surface area contributed by atoms with Crippen molar-refractivity contribution in [3.63, 3.8) is 0 Å². The van der Waals surface area contributed by atoms with E-state index in [9.17, 15) is 19.7 Å². The maximum atomic E-state index is 14.1. The number of nitro benzene ring substituents is 1. The van der Waals surface area contributed by atoms with E-state index in [1.807, 2.05) is 54.6 Å². The summed E-state index contributed by atoms with van der Waals surface area (Å²) in [6.45, 7) is 6.13. The molecular formula is C35H29N3O6S. The third kappa shape index (κ3) is 5.80. The lowest BCUT2D eigenvalue weighted by Gasteiger charge is -2.26. The third-order valence-electron chi connectivity index (χ3n) is 7.56. The zero-order valence-electron chi connectivity index (χ0n) is 24.8. The third-order valence-corrected chi connectivity index (χ3v) is 8.54. The number of rotatable bonds is 8. The van der Waals surface area contributed by atoms with E-state index in [1.165, 1.54) is 23.5 Å². The average Bonchev–Trinajstić information content (AvgIpc) is 3.64. The molecule has 3 aromatic carbocycles. The molecular weight excluding hydrogens is 590 g/mol. The highest BCUT2D eigenvalue weighted by Gasteiger charge is 2.35. The minimum absolute atomic E-state index is 0.0166. The number of nitro groups is 1. The molecule has 9 nitrogen and oxygen atoms in total. The number of hydrogen-bond acceptors (Lipinski definition) is 8. The largest absolute Gasteiger partial charge is 0.463 e. The van der Waals surface area contributed by atoms with Gasteiger partial charge in [0.15, 0.2) is 4.80 Å². The minimum Gasteiger partial charge on any atom is -0.463 e. The van der Waals surface area contributed by atoms with Gasteiger partial charge in [-0.15, -0.1) is 0 Å². The van der Waals surface area contributed by atoms with Gasteiger partial charge in [0.1, 0.15) is 11.5 Å².